The lowest BCUT2D eigenvalue weighted by Crippen LogP contribution is -1.99. The lowest BCUT2D eigenvalue weighted by molar-refractivity contribution is 0.414. The number of aromatic nitrogens is 1. The molecule has 5 heteroatoms. The molecule has 1 heterocycles. The minimum absolute atomic E-state index is 0.273. The van der Waals surface area contributed by atoms with Crippen molar-refractivity contribution in [3.63, 3.8) is 0 Å². The molecule has 0 bridgehead atoms. The number of oxazole rings is 1. The number of anilines is 1. The van der Waals surface area contributed by atoms with E-state index in [0.29, 0.717) is 24.7 Å². The molecule has 1 N–H and O–H groups in total. The third-order valence-corrected chi connectivity index (χ3v) is 3.59. The smallest absolute Gasteiger partial charge is 0.232 e. The molecule has 0 spiro atoms. The maximum Gasteiger partial charge on any atom is 0.232 e. The average Bonchev–Trinajstić information content (AvgIpc) is 3.03. The SMILES string of the molecule is COc1ccc(CNc2oc(Cc3ccccc3)nc2C#N)cc1. The van der Waals surface area contributed by atoms with Crippen LogP contribution in [0.2, 0.25) is 0 Å². The van der Waals surface area contributed by atoms with Gasteiger partial charge in [0.1, 0.15) is 11.8 Å². The molecular formula is C19H17N3O2. The molecule has 0 unspecified atom stereocenters. The van der Waals surface area contributed by atoms with E-state index in [-0.39, 0.29) is 5.69 Å². The van der Waals surface area contributed by atoms with Crippen LogP contribution in [-0.2, 0) is 13.0 Å². The van der Waals surface area contributed by atoms with Crippen LogP contribution in [0.25, 0.3) is 0 Å². The number of nitriles is 1. The van der Waals surface area contributed by atoms with Crippen LogP contribution in [0, 0.1) is 11.3 Å². The van der Waals surface area contributed by atoms with Gasteiger partial charge in [0.15, 0.2) is 0 Å². The zero-order valence-corrected chi connectivity index (χ0v) is 13.3. The normalized spacial score (nSPS) is 10.2. The van der Waals surface area contributed by atoms with Gasteiger partial charge in [0, 0.05) is 13.0 Å². The van der Waals surface area contributed by atoms with E-state index in [9.17, 15) is 5.26 Å². The number of hydrogen-bond acceptors (Lipinski definition) is 5. The monoisotopic (exact) mass is 319 g/mol. The van der Waals surface area contributed by atoms with Crippen molar-refractivity contribution in [2.75, 3.05) is 12.4 Å². The molecule has 3 rings (SSSR count). The Morgan fingerprint density at radius 2 is 1.83 bits per heavy atom. The zero-order chi connectivity index (χ0) is 16.8. The largest absolute Gasteiger partial charge is 0.497 e. The fourth-order valence-corrected chi connectivity index (χ4v) is 2.33. The highest BCUT2D eigenvalue weighted by atomic mass is 16.5. The summed E-state index contributed by atoms with van der Waals surface area (Å²) in [7, 11) is 1.63. The number of hydrogen-bond donors (Lipinski definition) is 1. The van der Waals surface area contributed by atoms with E-state index >= 15 is 0 Å². The second kappa shape index (κ2) is 7.34. The summed E-state index contributed by atoms with van der Waals surface area (Å²) < 4.78 is 10.8. The first-order chi connectivity index (χ1) is 11.8. The summed E-state index contributed by atoms with van der Waals surface area (Å²) in [4.78, 5) is 4.25. The maximum absolute atomic E-state index is 9.23. The fourth-order valence-electron chi connectivity index (χ4n) is 2.33. The minimum atomic E-state index is 0.273. The van der Waals surface area contributed by atoms with E-state index in [1.807, 2.05) is 54.6 Å². The van der Waals surface area contributed by atoms with Gasteiger partial charge in [-0.2, -0.15) is 5.26 Å². The van der Waals surface area contributed by atoms with Crippen molar-refractivity contribution in [3.05, 3.63) is 77.3 Å². The second-order valence-electron chi connectivity index (χ2n) is 5.26. The quantitative estimate of drug-likeness (QED) is 0.749. The van der Waals surface area contributed by atoms with E-state index in [2.05, 4.69) is 16.4 Å². The van der Waals surface area contributed by atoms with Crippen molar-refractivity contribution in [3.8, 4) is 11.8 Å². The molecule has 0 radical (unpaired) electrons. The van der Waals surface area contributed by atoms with Crippen molar-refractivity contribution >= 4 is 5.88 Å². The highest BCUT2D eigenvalue weighted by Crippen LogP contribution is 2.20. The van der Waals surface area contributed by atoms with Crippen LogP contribution in [0.4, 0.5) is 5.88 Å². The van der Waals surface area contributed by atoms with Gasteiger partial charge in [0.2, 0.25) is 17.5 Å². The number of methoxy groups -OCH3 is 1. The fraction of sp³-hybridized carbons (Fsp3) is 0.158. The van der Waals surface area contributed by atoms with Crippen LogP contribution in [0.1, 0.15) is 22.7 Å². The molecule has 5 nitrogen and oxygen atoms in total. The van der Waals surface area contributed by atoms with Crippen LogP contribution >= 0.6 is 0 Å². The molecule has 0 saturated carbocycles. The number of nitrogens with zero attached hydrogens (tertiary/aromatic N) is 2. The van der Waals surface area contributed by atoms with E-state index in [0.717, 1.165) is 16.9 Å². The van der Waals surface area contributed by atoms with Gasteiger partial charge < -0.3 is 14.5 Å². The Bertz CT molecular complexity index is 833. The lowest BCUT2D eigenvalue weighted by Gasteiger charge is -2.04. The highest BCUT2D eigenvalue weighted by molar-refractivity contribution is 5.46. The second-order valence-corrected chi connectivity index (χ2v) is 5.26. The van der Waals surface area contributed by atoms with Gasteiger partial charge in [-0.15, -0.1) is 0 Å². The van der Waals surface area contributed by atoms with Crippen LogP contribution in [0.3, 0.4) is 0 Å². The topological polar surface area (TPSA) is 71.1 Å². The summed E-state index contributed by atoms with van der Waals surface area (Å²) in [6.07, 6.45) is 0.555. The first-order valence-electron chi connectivity index (χ1n) is 7.59. The molecule has 24 heavy (non-hydrogen) atoms. The summed E-state index contributed by atoms with van der Waals surface area (Å²) in [5.41, 5.74) is 2.42. The number of nitrogens with one attached hydrogen (secondary N) is 1. The molecule has 120 valence electrons. The van der Waals surface area contributed by atoms with Crippen LogP contribution in [0.15, 0.2) is 59.0 Å². The van der Waals surface area contributed by atoms with Crippen molar-refractivity contribution < 1.29 is 9.15 Å². The standard InChI is InChI=1S/C19H17N3O2/c1-23-16-9-7-15(8-10-16)13-21-19-17(12-20)22-18(24-19)11-14-5-3-2-4-6-14/h2-10,21H,11,13H2,1H3. The first kappa shape index (κ1) is 15.6. The number of benzene rings is 2. The van der Waals surface area contributed by atoms with E-state index in [1.54, 1.807) is 7.11 Å². The third kappa shape index (κ3) is 3.73. The minimum Gasteiger partial charge on any atom is -0.497 e. The molecule has 0 saturated heterocycles. The van der Waals surface area contributed by atoms with Gasteiger partial charge in [0.05, 0.1) is 7.11 Å². The molecule has 2 aromatic carbocycles. The van der Waals surface area contributed by atoms with E-state index < -0.39 is 0 Å². The summed E-state index contributed by atoms with van der Waals surface area (Å²) in [5.74, 6) is 1.73. The zero-order valence-electron chi connectivity index (χ0n) is 13.3. The van der Waals surface area contributed by atoms with Crippen molar-refractivity contribution in [2.45, 2.75) is 13.0 Å². The Morgan fingerprint density at radius 1 is 1.08 bits per heavy atom. The molecule has 0 aliphatic rings. The van der Waals surface area contributed by atoms with Gasteiger partial charge in [-0.1, -0.05) is 42.5 Å². The van der Waals surface area contributed by atoms with Gasteiger partial charge in [-0.3, -0.25) is 0 Å². The molecule has 0 aliphatic heterocycles. The summed E-state index contributed by atoms with van der Waals surface area (Å²) in [5, 5.41) is 12.4. The number of ether oxygens (including phenoxy) is 1. The Balaban J connectivity index is 1.69. The summed E-state index contributed by atoms with van der Waals surface area (Å²) in [6.45, 7) is 0.540. The first-order valence-corrected chi connectivity index (χ1v) is 7.59. The molecular weight excluding hydrogens is 302 g/mol. The van der Waals surface area contributed by atoms with Gasteiger partial charge in [-0.25, -0.2) is 4.98 Å². The summed E-state index contributed by atoms with van der Waals surface area (Å²) in [6, 6.07) is 19.7. The van der Waals surface area contributed by atoms with Gasteiger partial charge in [0.25, 0.3) is 0 Å². The molecule has 1 aromatic heterocycles. The lowest BCUT2D eigenvalue weighted by atomic mass is 10.1. The molecule has 3 aromatic rings. The molecule has 0 aliphatic carbocycles. The molecule has 0 atom stereocenters. The van der Waals surface area contributed by atoms with Crippen molar-refractivity contribution in [1.82, 2.24) is 4.98 Å². The molecule has 0 fully saturated rings. The predicted octanol–water partition coefficient (Wildman–Crippen LogP) is 3.76. The van der Waals surface area contributed by atoms with E-state index in [1.165, 1.54) is 0 Å². The Morgan fingerprint density at radius 3 is 2.50 bits per heavy atom. The van der Waals surface area contributed by atoms with Crippen molar-refractivity contribution in [1.29, 1.82) is 5.26 Å². The number of rotatable bonds is 6. The maximum atomic E-state index is 9.23. The average molecular weight is 319 g/mol. The van der Waals surface area contributed by atoms with Crippen LogP contribution < -0.4 is 10.1 Å². The Kier molecular flexibility index (Phi) is 4.78. The van der Waals surface area contributed by atoms with Crippen LogP contribution in [0.5, 0.6) is 5.75 Å². The van der Waals surface area contributed by atoms with Crippen molar-refractivity contribution in [2.24, 2.45) is 0 Å². The Hall–Kier alpha value is -3.26. The predicted molar refractivity (Wildman–Crippen MR) is 90.8 cm³/mol. The molecule has 0 amide bonds. The van der Waals surface area contributed by atoms with Gasteiger partial charge in [-0.05, 0) is 23.3 Å². The van der Waals surface area contributed by atoms with Gasteiger partial charge >= 0.3 is 0 Å². The summed E-state index contributed by atoms with van der Waals surface area (Å²) >= 11 is 0. The Labute approximate surface area is 140 Å². The highest BCUT2D eigenvalue weighted by Gasteiger charge is 2.13. The third-order valence-electron chi connectivity index (χ3n) is 3.59. The van der Waals surface area contributed by atoms with Crippen LogP contribution in [-0.4, -0.2) is 12.1 Å². The van der Waals surface area contributed by atoms with E-state index in [4.69, 9.17) is 9.15 Å².